The van der Waals surface area contributed by atoms with Crippen LogP contribution in [0.1, 0.15) is 58.3 Å². The predicted octanol–water partition coefficient (Wildman–Crippen LogP) is 4.08. The second-order valence-electron chi connectivity index (χ2n) is 4.22. The number of epoxide rings is 1. The summed E-state index contributed by atoms with van der Waals surface area (Å²) in [5.41, 5.74) is 0. The first-order valence-corrected chi connectivity index (χ1v) is 6.16. The topological polar surface area (TPSA) is 12.5 Å². The number of unbranched alkanes of at least 4 members (excludes halogenated alkanes) is 6. The minimum Gasteiger partial charge on any atom is -0.373 e. The van der Waals surface area contributed by atoms with Crippen molar-refractivity contribution < 1.29 is 4.74 Å². The van der Waals surface area contributed by atoms with Crippen molar-refractivity contribution >= 4 is 0 Å². The molecule has 1 nitrogen and oxygen atoms in total. The van der Waals surface area contributed by atoms with Gasteiger partial charge in [-0.15, -0.1) is 0 Å². The smallest absolute Gasteiger partial charge is 0.0810 e. The molecule has 0 saturated carbocycles. The van der Waals surface area contributed by atoms with Crippen LogP contribution in [0.4, 0.5) is 0 Å². The van der Waals surface area contributed by atoms with E-state index in [-0.39, 0.29) is 0 Å². The van der Waals surface area contributed by atoms with E-state index in [1.165, 1.54) is 51.4 Å². The molecule has 0 aliphatic carbocycles. The fourth-order valence-corrected chi connectivity index (χ4v) is 1.74. The first-order chi connectivity index (χ1) is 6.93. The van der Waals surface area contributed by atoms with Gasteiger partial charge in [0, 0.05) is 0 Å². The third kappa shape index (κ3) is 7.14. The summed E-state index contributed by atoms with van der Waals surface area (Å²) >= 11 is 0. The Balaban J connectivity index is 1.66. The summed E-state index contributed by atoms with van der Waals surface area (Å²) < 4.78 is 5.17. The van der Waals surface area contributed by atoms with Crippen LogP contribution in [0, 0.1) is 0 Å². The fourth-order valence-electron chi connectivity index (χ4n) is 1.74. The lowest BCUT2D eigenvalue weighted by Crippen LogP contribution is -1.85. The number of allylic oxidation sites excluding steroid dienone is 2. The van der Waals surface area contributed by atoms with Crippen LogP contribution < -0.4 is 0 Å². The normalized spacial score (nSPS) is 20.5. The molecule has 82 valence electrons. The van der Waals surface area contributed by atoms with Gasteiger partial charge in [0.15, 0.2) is 0 Å². The quantitative estimate of drug-likeness (QED) is 0.307. The number of ether oxygens (including phenoxy) is 1. The van der Waals surface area contributed by atoms with Gasteiger partial charge in [0.1, 0.15) is 0 Å². The molecule has 1 saturated heterocycles. The summed E-state index contributed by atoms with van der Waals surface area (Å²) in [6.07, 6.45) is 16.0. The molecular formula is C13H24O. The van der Waals surface area contributed by atoms with Crippen LogP contribution in [0.2, 0.25) is 0 Å². The van der Waals surface area contributed by atoms with Crippen LogP contribution in [-0.4, -0.2) is 12.7 Å². The molecule has 1 fully saturated rings. The standard InChI is InChI=1S/C13H24O/c1-2-3-4-5-6-7-8-9-10-11-13-12-14-13/h2-3,13H,4-12H2,1H3/b3-2+. The van der Waals surface area contributed by atoms with Crippen LogP contribution in [-0.2, 0) is 4.74 Å². The Labute approximate surface area is 88.5 Å². The Kier molecular flexibility index (Phi) is 6.77. The molecule has 0 aromatic carbocycles. The zero-order valence-corrected chi connectivity index (χ0v) is 9.50. The largest absolute Gasteiger partial charge is 0.373 e. The molecule has 1 atom stereocenters. The van der Waals surface area contributed by atoms with E-state index < -0.39 is 0 Å². The molecule has 0 radical (unpaired) electrons. The van der Waals surface area contributed by atoms with E-state index in [4.69, 9.17) is 4.74 Å². The SMILES string of the molecule is C/C=C/CCCCCCCCC1CO1. The highest BCUT2D eigenvalue weighted by Crippen LogP contribution is 2.18. The third-order valence-electron chi connectivity index (χ3n) is 2.78. The summed E-state index contributed by atoms with van der Waals surface area (Å²) in [5, 5.41) is 0. The Bertz CT molecular complexity index is 147. The van der Waals surface area contributed by atoms with Crippen LogP contribution in [0.5, 0.6) is 0 Å². The van der Waals surface area contributed by atoms with E-state index in [0.29, 0.717) is 6.10 Å². The van der Waals surface area contributed by atoms with E-state index in [9.17, 15) is 0 Å². The summed E-state index contributed by atoms with van der Waals surface area (Å²) in [7, 11) is 0. The summed E-state index contributed by atoms with van der Waals surface area (Å²) in [5.74, 6) is 0. The van der Waals surface area contributed by atoms with Gasteiger partial charge in [-0.2, -0.15) is 0 Å². The van der Waals surface area contributed by atoms with Gasteiger partial charge in [0.25, 0.3) is 0 Å². The van der Waals surface area contributed by atoms with Gasteiger partial charge in [0.2, 0.25) is 0 Å². The molecule has 1 aliphatic heterocycles. The Morgan fingerprint density at radius 3 is 2.36 bits per heavy atom. The Morgan fingerprint density at radius 1 is 1.07 bits per heavy atom. The molecule has 1 rings (SSSR count). The van der Waals surface area contributed by atoms with Crippen molar-refractivity contribution in [2.24, 2.45) is 0 Å². The molecule has 0 N–H and O–H groups in total. The predicted molar refractivity (Wildman–Crippen MR) is 61.5 cm³/mol. The lowest BCUT2D eigenvalue weighted by atomic mass is 10.1. The zero-order valence-electron chi connectivity index (χ0n) is 9.50. The maximum Gasteiger partial charge on any atom is 0.0810 e. The summed E-state index contributed by atoms with van der Waals surface area (Å²) in [6, 6.07) is 0. The lowest BCUT2D eigenvalue weighted by Gasteiger charge is -1.99. The average Bonchev–Trinajstić information content (AvgIpc) is 2.99. The van der Waals surface area contributed by atoms with E-state index in [1.54, 1.807) is 0 Å². The second-order valence-corrected chi connectivity index (χ2v) is 4.22. The van der Waals surface area contributed by atoms with Crippen molar-refractivity contribution in [2.45, 2.75) is 64.4 Å². The van der Waals surface area contributed by atoms with E-state index in [1.807, 2.05) is 0 Å². The molecule has 1 heteroatoms. The molecule has 14 heavy (non-hydrogen) atoms. The van der Waals surface area contributed by atoms with Gasteiger partial charge < -0.3 is 4.74 Å². The van der Waals surface area contributed by atoms with E-state index in [2.05, 4.69) is 19.1 Å². The molecular weight excluding hydrogens is 172 g/mol. The van der Waals surface area contributed by atoms with Crippen molar-refractivity contribution in [1.29, 1.82) is 0 Å². The van der Waals surface area contributed by atoms with Crippen molar-refractivity contribution in [3.8, 4) is 0 Å². The van der Waals surface area contributed by atoms with E-state index in [0.717, 1.165) is 6.61 Å². The highest BCUT2D eigenvalue weighted by atomic mass is 16.6. The number of hydrogen-bond donors (Lipinski definition) is 0. The minimum absolute atomic E-state index is 0.643. The molecule has 0 aromatic heterocycles. The highest BCUT2D eigenvalue weighted by Gasteiger charge is 2.20. The van der Waals surface area contributed by atoms with Crippen LogP contribution in [0.3, 0.4) is 0 Å². The first-order valence-electron chi connectivity index (χ1n) is 6.16. The molecule has 0 bridgehead atoms. The highest BCUT2D eigenvalue weighted by molar-refractivity contribution is 4.76. The second kappa shape index (κ2) is 8.05. The van der Waals surface area contributed by atoms with Crippen molar-refractivity contribution in [2.75, 3.05) is 6.61 Å². The maximum absolute atomic E-state index is 5.17. The van der Waals surface area contributed by atoms with Crippen LogP contribution in [0.15, 0.2) is 12.2 Å². The Hall–Kier alpha value is -0.300. The molecule has 0 aromatic rings. The number of rotatable bonds is 9. The van der Waals surface area contributed by atoms with Crippen LogP contribution >= 0.6 is 0 Å². The zero-order chi connectivity index (χ0) is 10.1. The van der Waals surface area contributed by atoms with Crippen molar-refractivity contribution in [3.05, 3.63) is 12.2 Å². The fraction of sp³-hybridized carbons (Fsp3) is 0.846. The third-order valence-corrected chi connectivity index (χ3v) is 2.78. The maximum atomic E-state index is 5.17. The van der Waals surface area contributed by atoms with Gasteiger partial charge in [-0.25, -0.2) is 0 Å². The molecule has 0 amide bonds. The van der Waals surface area contributed by atoms with Gasteiger partial charge >= 0.3 is 0 Å². The van der Waals surface area contributed by atoms with Crippen LogP contribution in [0.25, 0.3) is 0 Å². The molecule has 1 heterocycles. The Morgan fingerprint density at radius 2 is 1.71 bits per heavy atom. The molecule has 1 aliphatic rings. The lowest BCUT2D eigenvalue weighted by molar-refractivity contribution is 0.387. The average molecular weight is 196 g/mol. The molecule has 1 unspecified atom stereocenters. The van der Waals surface area contributed by atoms with Gasteiger partial charge in [-0.3, -0.25) is 0 Å². The van der Waals surface area contributed by atoms with Gasteiger partial charge in [-0.05, 0) is 26.2 Å². The summed E-state index contributed by atoms with van der Waals surface area (Å²) in [4.78, 5) is 0. The van der Waals surface area contributed by atoms with E-state index >= 15 is 0 Å². The monoisotopic (exact) mass is 196 g/mol. The number of hydrogen-bond acceptors (Lipinski definition) is 1. The van der Waals surface area contributed by atoms with Gasteiger partial charge in [-0.1, -0.05) is 44.3 Å². The molecule has 0 spiro atoms. The van der Waals surface area contributed by atoms with Crippen molar-refractivity contribution in [1.82, 2.24) is 0 Å². The summed E-state index contributed by atoms with van der Waals surface area (Å²) in [6.45, 7) is 3.13. The minimum atomic E-state index is 0.643. The van der Waals surface area contributed by atoms with Gasteiger partial charge in [0.05, 0.1) is 12.7 Å². The first kappa shape index (κ1) is 11.8. The van der Waals surface area contributed by atoms with Crippen molar-refractivity contribution in [3.63, 3.8) is 0 Å².